The van der Waals surface area contributed by atoms with Crippen LogP contribution < -0.4 is 21.3 Å². The summed E-state index contributed by atoms with van der Waals surface area (Å²) in [5.74, 6) is 0. The SMILES string of the molecule is O=C1NCCCOCCOCCOCCCNC(=O)NCc2cccc(c2)CN1. The number of fused-ring (bicyclic) bond motifs is 2. The molecule has 0 aliphatic carbocycles. The van der Waals surface area contributed by atoms with Crippen molar-refractivity contribution in [2.45, 2.75) is 25.9 Å². The third-order valence-electron chi connectivity index (χ3n) is 4.14. The molecule has 162 valence electrons. The third-order valence-corrected chi connectivity index (χ3v) is 4.14. The van der Waals surface area contributed by atoms with Crippen molar-refractivity contribution in [1.82, 2.24) is 21.3 Å². The maximum absolute atomic E-state index is 11.9. The Morgan fingerprint density at radius 1 is 0.621 bits per heavy atom. The molecular formula is C20H32N4O5. The van der Waals surface area contributed by atoms with Crippen LogP contribution in [0.15, 0.2) is 24.3 Å². The number of urea groups is 2. The summed E-state index contributed by atoms with van der Waals surface area (Å²) in [4.78, 5) is 23.7. The Kier molecular flexibility index (Phi) is 11.6. The van der Waals surface area contributed by atoms with Gasteiger partial charge in [0.05, 0.1) is 26.4 Å². The average Bonchev–Trinajstić information content (AvgIpc) is 2.73. The molecule has 0 spiro atoms. The normalized spacial score (nSPS) is 19.6. The van der Waals surface area contributed by atoms with Crippen LogP contribution in [0.3, 0.4) is 0 Å². The van der Waals surface area contributed by atoms with Gasteiger partial charge in [-0.2, -0.15) is 0 Å². The number of rotatable bonds is 0. The molecule has 0 unspecified atom stereocenters. The first-order chi connectivity index (χ1) is 14.2. The molecule has 0 fully saturated rings. The lowest BCUT2D eigenvalue weighted by molar-refractivity contribution is 0.0140. The number of amides is 4. The van der Waals surface area contributed by atoms with Crippen LogP contribution >= 0.6 is 0 Å². The van der Waals surface area contributed by atoms with Gasteiger partial charge in [-0.25, -0.2) is 9.59 Å². The van der Waals surface area contributed by atoms with Gasteiger partial charge in [0.25, 0.3) is 0 Å². The van der Waals surface area contributed by atoms with Gasteiger partial charge in [-0.05, 0) is 24.0 Å². The minimum atomic E-state index is -0.217. The monoisotopic (exact) mass is 408 g/mol. The van der Waals surface area contributed by atoms with Gasteiger partial charge in [-0.15, -0.1) is 0 Å². The number of ether oxygens (including phenoxy) is 3. The second-order valence-corrected chi connectivity index (χ2v) is 6.58. The fourth-order valence-corrected chi connectivity index (χ4v) is 2.63. The van der Waals surface area contributed by atoms with Gasteiger partial charge in [0, 0.05) is 39.4 Å². The van der Waals surface area contributed by atoms with E-state index in [1.165, 1.54) is 0 Å². The van der Waals surface area contributed by atoms with Crippen molar-refractivity contribution in [1.29, 1.82) is 0 Å². The van der Waals surface area contributed by atoms with Crippen LogP contribution in [-0.4, -0.2) is 64.8 Å². The molecule has 4 N–H and O–H groups in total. The molecule has 1 aliphatic rings. The van der Waals surface area contributed by atoms with Gasteiger partial charge in [-0.1, -0.05) is 24.3 Å². The molecule has 2 rings (SSSR count). The van der Waals surface area contributed by atoms with Crippen LogP contribution in [0.2, 0.25) is 0 Å². The summed E-state index contributed by atoms with van der Waals surface area (Å²) in [6, 6.07) is 7.30. The summed E-state index contributed by atoms with van der Waals surface area (Å²) in [7, 11) is 0. The number of hydrogen-bond acceptors (Lipinski definition) is 5. The molecule has 1 aliphatic heterocycles. The van der Waals surface area contributed by atoms with E-state index in [2.05, 4.69) is 21.3 Å². The number of hydrogen-bond donors (Lipinski definition) is 4. The molecule has 9 nitrogen and oxygen atoms in total. The van der Waals surface area contributed by atoms with Crippen LogP contribution in [0, 0.1) is 0 Å². The summed E-state index contributed by atoms with van der Waals surface area (Å²) in [6.07, 6.45) is 1.47. The Hall–Kier alpha value is -2.36. The van der Waals surface area contributed by atoms with Crippen molar-refractivity contribution in [3.63, 3.8) is 0 Å². The van der Waals surface area contributed by atoms with Crippen molar-refractivity contribution in [3.8, 4) is 0 Å². The van der Waals surface area contributed by atoms with Gasteiger partial charge < -0.3 is 35.5 Å². The van der Waals surface area contributed by atoms with Crippen molar-refractivity contribution >= 4 is 12.1 Å². The zero-order valence-electron chi connectivity index (χ0n) is 16.8. The maximum atomic E-state index is 11.9. The first-order valence-corrected chi connectivity index (χ1v) is 10.1. The second-order valence-electron chi connectivity index (χ2n) is 6.58. The lowest BCUT2D eigenvalue weighted by Gasteiger charge is -2.11. The smallest absolute Gasteiger partial charge is 0.315 e. The standard InChI is InChI=1S/C20H32N4O5/c25-19-21-6-2-8-27-10-12-29-13-11-28-9-3-7-22-20(26)24-16-18-5-1-4-17(14-18)15-23-19/h1,4-5,14H,2-3,6-13,15-16H2,(H2,21,23,25)(H2,22,24,26). The molecule has 1 aromatic rings. The molecule has 0 radical (unpaired) electrons. The fourth-order valence-electron chi connectivity index (χ4n) is 2.63. The number of carbonyl (C=O) groups is 2. The maximum Gasteiger partial charge on any atom is 0.315 e. The molecule has 0 atom stereocenters. The van der Waals surface area contributed by atoms with Crippen LogP contribution in [0.1, 0.15) is 24.0 Å². The first-order valence-electron chi connectivity index (χ1n) is 10.1. The van der Waals surface area contributed by atoms with E-state index in [-0.39, 0.29) is 12.1 Å². The molecule has 0 aromatic heterocycles. The molecule has 2 bridgehead atoms. The number of carbonyl (C=O) groups excluding carboxylic acids is 2. The Bertz CT molecular complexity index is 567. The van der Waals surface area contributed by atoms with Crippen LogP contribution in [0.25, 0.3) is 0 Å². The summed E-state index contributed by atoms with van der Waals surface area (Å²) in [5.41, 5.74) is 1.93. The average molecular weight is 408 g/mol. The van der Waals surface area contributed by atoms with Gasteiger partial charge in [0.2, 0.25) is 0 Å². The lowest BCUT2D eigenvalue weighted by atomic mass is 10.1. The van der Waals surface area contributed by atoms with Gasteiger partial charge in [0.1, 0.15) is 0 Å². The van der Waals surface area contributed by atoms with Crippen molar-refractivity contribution in [2.24, 2.45) is 0 Å². The minimum Gasteiger partial charge on any atom is -0.379 e. The highest BCUT2D eigenvalue weighted by atomic mass is 16.5. The van der Waals surface area contributed by atoms with Crippen molar-refractivity contribution in [3.05, 3.63) is 35.4 Å². The first kappa shape index (κ1) is 22.9. The van der Waals surface area contributed by atoms with E-state index in [9.17, 15) is 9.59 Å². The Morgan fingerprint density at radius 3 is 1.55 bits per heavy atom. The highest BCUT2D eigenvalue weighted by Gasteiger charge is 2.03. The molecular weight excluding hydrogens is 376 g/mol. The van der Waals surface area contributed by atoms with Crippen LogP contribution in [0.4, 0.5) is 9.59 Å². The highest BCUT2D eigenvalue weighted by molar-refractivity contribution is 5.74. The van der Waals surface area contributed by atoms with E-state index in [0.29, 0.717) is 65.8 Å². The van der Waals surface area contributed by atoms with Crippen molar-refractivity contribution < 1.29 is 23.8 Å². The van der Waals surface area contributed by atoms with Gasteiger partial charge in [0.15, 0.2) is 0 Å². The Morgan fingerprint density at radius 2 is 1.07 bits per heavy atom. The molecule has 29 heavy (non-hydrogen) atoms. The predicted molar refractivity (Wildman–Crippen MR) is 109 cm³/mol. The minimum absolute atomic E-state index is 0.217. The predicted octanol–water partition coefficient (Wildman–Crippen LogP) is 1.13. The highest BCUT2D eigenvalue weighted by Crippen LogP contribution is 2.05. The molecule has 4 amide bonds. The number of nitrogens with one attached hydrogen (secondary N) is 4. The second kappa shape index (κ2) is 14.6. The van der Waals surface area contributed by atoms with Crippen LogP contribution in [0.5, 0.6) is 0 Å². The van der Waals surface area contributed by atoms with Crippen LogP contribution in [-0.2, 0) is 27.3 Å². The van der Waals surface area contributed by atoms with E-state index in [1.807, 2.05) is 24.3 Å². The zero-order chi connectivity index (χ0) is 20.6. The fraction of sp³-hybridized carbons (Fsp3) is 0.600. The summed E-state index contributed by atoms with van der Waals surface area (Å²) in [6.45, 7) is 5.11. The topological polar surface area (TPSA) is 110 Å². The Labute approximate surface area is 171 Å². The van der Waals surface area contributed by atoms with Crippen molar-refractivity contribution in [2.75, 3.05) is 52.7 Å². The molecule has 0 saturated carbocycles. The largest absolute Gasteiger partial charge is 0.379 e. The van der Waals surface area contributed by atoms with Gasteiger partial charge in [-0.3, -0.25) is 0 Å². The lowest BCUT2D eigenvalue weighted by Crippen LogP contribution is -2.36. The molecule has 1 heterocycles. The van der Waals surface area contributed by atoms with E-state index in [1.54, 1.807) is 0 Å². The van der Waals surface area contributed by atoms with E-state index < -0.39 is 0 Å². The summed E-state index contributed by atoms with van der Waals surface area (Å²) < 4.78 is 16.3. The van der Waals surface area contributed by atoms with E-state index >= 15 is 0 Å². The Balaban J connectivity index is 1.78. The molecule has 0 saturated heterocycles. The van der Waals surface area contributed by atoms with E-state index in [4.69, 9.17) is 14.2 Å². The summed E-state index contributed by atoms with van der Waals surface area (Å²) >= 11 is 0. The quantitative estimate of drug-likeness (QED) is 0.514. The summed E-state index contributed by atoms with van der Waals surface area (Å²) in [5, 5.41) is 11.3. The molecule has 9 heteroatoms. The van der Waals surface area contributed by atoms with Gasteiger partial charge >= 0.3 is 12.1 Å². The number of benzene rings is 1. The zero-order valence-corrected chi connectivity index (χ0v) is 16.8. The third kappa shape index (κ3) is 11.3. The molecule has 1 aromatic carbocycles. The van der Waals surface area contributed by atoms with E-state index in [0.717, 1.165) is 24.0 Å².